The van der Waals surface area contributed by atoms with Crippen molar-refractivity contribution < 1.29 is 23.9 Å². The molecule has 0 heterocycles. The van der Waals surface area contributed by atoms with Gasteiger partial charge in [0.05, 0.1) is 7.11 Å². The fourth-order valence-electron chi connectivity index (χ4n) is 3.31. The Kier molecular flexibility index (Phi) is 8.18. The van der Waals surface area contributed by atoms with Crippen LogP contribution < -0.4 is 20.1 Å². The number of nitrogens with one attached hydrogen (secondary N) is 2. The highest BCUT2D eigenvalue weighted by molar-refractivity contribution is 5.95. The second-order valence-electron chi connectivity index (χ2n) is 7.32. The molecule has 0 unspecified atom stereocenters. The van der Waals surface area contributed by atoms with E-state index in [1.807, 2.05) is 42.5 Å². The van der Waals surface area contributed by atoms with Crippen molar-refractivity contribution in [3.05, 3.63) is 89.5 Å². The van der Waals surface area contributed by atoms with Crippen LogP contribution in [0.25, 0.3) is 0 Å². The average Bonchev–Trinajstić information content (AvgIpc) is 2.82. The van der Waals surface area contributed by atoms with Gasteiger partial charge < -0.3 is 20.1 Å². The van der Waals surface area contributed by atoms with E-state index in [1.54, 1.807) is 31.4 Å². The van der Waals surface area contributed by atoms with Crippen LogP contribution in [0.4, 0.5) is 5.69 Å². The summed E-state index contributed by atoms with van der Waals surface area (Å²) in [6, 6.07) is 21.3. The number of hydrogen-bond acceptors (Lipinski definition) is 5. The lowest BCUT2D eigenvalue weighted by Crippen LogP contribution is -2.24. The molecule has 0 radical (unpaired) electrons. The summed E-state index contributed by atoms with van der Waals surface area (Å²) in [5, 5.41) is 5.76. The molecule has 3 aromatic rings. The molecule has 3 rings (SSSR count). The first-order chi connectivity index (χ1) is 16.0. The predicted octanol–water partition coefficient (Wildman–Crippen LogP) is 4.12. The van der Waals surface area contributed by atoms with Gasteiger partial charge in [-0.05, 0) is 47.9 Å². The molecule has 2 amide bonds. The van der Waals surface area contributed by atoms with Crippen molar-refractivity contribution in [2.45, 2.75) is 26.3 Å². The number of hydrogen-bond donors (Lipinski definition) is 2. The Balaban J connectivity index is 1.59. The van der Waals surface area contributed by atoms with Gasteiger partial charge in [0.1, 0.15) is 11.5 Å². The van der Waals surface area contributed by atoms with E-state index in [4.69, 9.17) is 9.47 Å². The molecule has 0 fully saturated rings. The maximum absolute atomic E-state index is 12.6. The fraction of sp³-hybridized carbons (Fsp3) is 0.192. The standard InChI is InChI=1S/C26H26N2O5/c1-18(29)33-22-11-7-10-20(16-22)26(31)27-17-21-9-3-5-12-23(21)28-25(30)15-14-19-8-4-6-13-24(19)32-2/h3-13,16H,14-15,17H2,1-2H3,(H,27,31)(H,28,30). The fourth-order valence-corrected chi connectivity index (χ4v) is 3.31. The van der Waals surface area contributed by atoms with Gasteiger partial charge in [-0.1, -0.05) is 42.5 Å². The van der Waals surface area contributed by atoms with Crippen molar-refractivity contribution in [2.75, 3.05) is 12.4 Å². The summed E-state index contributed by atoms with van der Waals surface area (Å²) < 4.78 is 10.4. The topological polar surface area (TPSA) is 93.7 Å². The molecule has 2 N–H and O–H groups in total. The molecule has 0 spiro atoms. The molecule has 0 aliphatic rings. The lowest BCUT2D eigenvalue weighted by atomic mass is 10.1. The maximum Gasteiger partial charge on any atom is 0.308 e. The van der Waals surface area contributed by atoms with Gasteiger partial charge in [-0.3, -0.25) is 14.4 Å². The van der Waals surface area contributed by atoms with E-state index < -0.39 is 5.97 Å². The number of amides is 2. The molecule has 0 saturated heterocycles. The largest absolute Gasteiger partial charge is 0.496 e. The van der Waals surface area contributed by atoms with Crippen molar-refractivity contribution >= 4 is 23.5 Å². The molecule has 0 aromatic heterocycles. The number of anilines is 1. The van der Waals surface area contributed by atoms with Gasteiger partial charge >= 0.3 is 5.97 Å². The Hall–Kier alpha value is -4.13. The Labute approximate surface area is 192 Å². The highest BCUT2D eigenvalue weighted by Crippen LogP contribution is 2.20. The van der Waals surface area contributed by atoms with E-state index in [2.05, 4.69) is 10.6 Å². The molecular weight excluding hydrogens is 420 g/mol. The molecule has 0 atom stereocenters. The third-order valence-electron chi connectivity index (χ3n) is 4.90. The van der Waals surface area contributed by atoms with E-state index in [0.29, 0.717) is 29.8 Å². The van der Waals surface area contributed by atoms with Gasteiger partial charge in [-0.25, -0.2) is 0 Å². The number of aryl methyl sites for hydroxylation is 1. The maximum atomic E-state index is 12.6. The van der Waals surface area contributed by atoms with E-state index in [9.17, 15) is 14.4 Å². The number of esters is 1. The van der Waals surface area contributed by atoms with Crippen molar-refractivity contribution in [1.82, 2.24) is 5.32 Å². The van der Waals surface area contributed by atoms with Gasteiger partial charge in [-0.2, -0.15) is 0 Å². The van der Waals surface area contributed by atoms with Crippen LogP contribution in [-0.2, 0) is 22.6 Å². The van der Waals surface area contributed by atoms with Gasteiger partial charge in [0.2, 0.25) is 5.91 Å². The Morgan fingerprint density at radius 3 is 2.36 bits per heavy atom. The molecular formula is C26H26N2O5. The molecule has 7 nitrogen and oxygen atoms in total. The zero-order valence-corrected chi connectivity index (χ0v) is 18.6. The number of methoxy groups -OCH3 is 1. The highest BCUT2D eigenvalue weighted by Gasteiger charge is 2.11. The van der Waals surface area contributed by atoms with Crippen molar-refractivity contribution in [3.63, 3.8) is 0 Å². The quantitative estimate of drug-likeness (QED) is 0.381. The molecule has 170 valence electrons. The van der Waals surface area contributed by atoms with Crippen LogP contribution in [0.1, 0.15) is 34.8 Å². The number of ether oxygens (including phenoxy) is 2. The first-order valence-corrected chi connectivity index (χ1v) is 10.5. The molecule has 0 saturated carbocycles. The number of carbonyl (C=O) groups is 3. The summed E-state index contributed by atoms with van der Waals surface area (Å²) in [6.45, 7) is 1.52. The Morgan fingerprint density at radius 2 is 1.61 bits per heavy atom. The van der Waals surface area contributed by atoms with Gasteiger partial charge in [-0.15, -0.1) is 0 Å². The number of rotatable bonds is 9. The molecule has 0 aliphatic heterocycles. The van der Waals surface area contributed by atoms with Crippen LogP contribution in [-0.4, -0.2) is 24.9 Å². The first-order valence-electron chi connectivity index (χ1n) is 10.5. The highest BCUT2D eigenvalue weighted by atomic mass is 16.5. The molecule has 33 heavy (non-hydrogen) atoms. The minimum Gasteiger partial charge on any atom is -0.496 e. The first kappa shape index (κ1) is 23.5. The number of benzene rings is 3. The second kappa shape index (κ2) is 11.5. The number of carbonyl (C=O) groups excluding carboxylic acids is 3. The lowest BCUT2D eigenvalue weighted by Gasteiger charge is -2.13. The van der Waals surface area contributed by atoms with Crippen molar-refractivity contribution in [2.24, 2.45) is 0 Å². The molecule has 0 bridgehead atoms. The van der Waals surface area contributed by atoms with Gasteiger partial charge in [0, 0.05) is 31.1 Å². The third kappa shape index (κ3) is 6.93. The van der Waals surface area contributed by atoms with E-state index >= 15 is 0 Å². The smallest absolute Gasteiger partial charge is 0.308 e. The summed E-state index contributed by atoms with van der Waals surface area (Å²) >= 11 is 0. The minimum atomic E-state index is -0.456. The Bertz CT molecular complexity index is 1140. The molecule has 3 aromatic carbocycles. The zero-order valence-electron chi connectivity index (χ0n) is 18.6. The number of para-hydroxylation sites is 2. The summed E-state index contributed by atoms with van der Waals surface area (Å²) in [4.78, 5) is 36.2. The van der Waals surface area contributed by atoms with Gasteiger partial charge in [0.25, 0.3) is 5.91 Å². The summed E-state index contributed by atoms with van der Waals surface area (Å²) in [6.07, 6.45) is 0.845. The Morgan fingerprint density at radius 1 is 0.879 bits per heavy atom. The summed E-state index contributed by atoms with van der Waals surface area (Å²) in [7, 11) is 1.61. The van der Waals surface area contributed by atoms with Crippen LogP contribution in [0.3, 0.4) is 0 Å². The van der Waals surface area contributed by atoms with Crippen LogP contribution >= 0.6 is 0 Å². The predicted molar refractivity (Wildman–Crippen MR) is 125 cm³/mol. The van der Waals surface area contributed by atoms with E-state index in [1.165, 1.54) is 13.0 Å². The summed E-state index contributed by atoms with van der Waals surface area (Å²) in [5.74, 6) is 0.155. The lowest BCUT2D eigenvalue weighted by molar-refractivity contribution is -0.131. The van der Waals surface area contributed by atoms with Crippen molar-refractivity contribution in [1.29, 1.82) is 0 Å². The van der Waals surface area contributed by atoms with E-state index in [0.717, 1.165) is 16.9 Å². The third-order valence-corrected chi connectivity index (χ3v) is 4.90. The van der Waals surface area contributed by atoms with Crippen LogP contribution in [0, 0.1) is 0 Å². The van der Waals surface area contributed by atoms with Crippen LogP contribution in [0.2, 0.25) is 0 Å². The average molecular weight is 447 g/mol. The molecule has 7 heteroatoms. The normalized spacial score (nSPS) is 10.2. The van der Waals surface area contributed by atoms with E-state index in [-0.39, 0.29) is 18.4 Å². The second-order valence-corrected chi connectivity index (χ2v) is 7.32. The van der Waals surface area contributed by atoms with Crippen LogP contribution in [0.15, 0.2) is 72.8 Å². The van der Waals surface area contributed by atoms with Gasteiger partial charge in [0.15, 0.2) is 0 Å². The van der Waals surface area contributed by atoms with Crippen molar-refractivity contribution in [3.8, 4) is 11.5 Å². The van der Waals surface area contributed by atoms with Crippen LogP contribution in [0.5, 0.6) is 11.5 Å². The molecule has 0 aliphatic carbocycles. The SMILES string of the molecule is COc1ccccc1CCC(=O)Nc1ccccc1CNC(=O)c1cccc(OC(C)=O)c1. The zero-order chi connectivity index (χ0) is 23.6. The monoisotopic (exact) mass is 446 g/mol. The summed E-state index contributed by atoms with van der Waals surface area (Å²) in [5.41, 5.74) is 2.74. The minimum absolute atomic E-state index is 0.131.